The van der Waals surface area contributed by atoms with Crippen molar-refractivity contribution < 1.29 is 0 Å². The van der Waals surface area contributed by atoms with Gasteiger partial charge in [0.05, 0.1) is 5.69 Å². The Hall–Kier alpha value is -1.15. The predicted octanol–water partition coefficient (Wildman–Crippen LogP) is 3.99. The number of allylic oxidation sites excluding steroid dienone is 6. The molecule has 14 heavy (non-hydrogen) atoms. The summed E-state index contributed by atoms with van der Waals surface area (Å²) in [5, 5.41) is 0. The first-order chi connectivity index (χ1) is 6.77. The summed E-state index contributed by atoms with van der Waals surface area (Å²) in [4.78, 5) is 1.25. The molecule has 0 aromatic carbocycles. The molecule has 1 aromatic rings. The van der Waals surface area contributed by atoms with Gasteiger partial charge >= 0.3 is 0 Å². The zero-order valence-corrected chi connectivity index (χ0v) is 9.64. The van der Waals surface area contributed by atoms with E-state index in [4.69, 9.17) is 0 Å². The lowest BCUT2D eigenvalue weighted by atomic mass is 10.1. The molecule has 1 aromatic heterocycles. The Morgan fingerprint density at radius 1 is 1.36 bits per heavy atom. The van der Waals surface area contributed by atoms with E-state index in [-0.39, 0.29) is 0 Å². The normalized spacial score (nSPS) is 13.2. The highest BCUT2D eigenvalue weighted by molar-refractivity contribution is 7.05. The molecule has 0 radical (unpaired) electrons. The molecule has 0 aliphatic carbocycles. The van der Waals surface area contributed by atoms with E-state index in [0.717, 1.165) is 11.3 Å². The minimum absolute atomic E-state index is 1.06. The second kappa shape index (κ2) is 5.55. The monoisotopic (exact) mass is 205 g/mol. The van der Waals surface area contributed by atoms with Gasteiger partial charge in [-0.3, -0.25) is 0 Å². The standard InChI is InChI=1S/C12H15NS/c1-4-6-8-11(7-5-2)12-9-10(3)14-13-12/h4-9H,1-3H3/b6-4?,7-5-,11-8+. The van der Waals surface area contributed by atoms with Crippen molar-refractivity contribution in [2.24, 2.45) is 0 Å². The first-order valence-electron chi connectivity index (χ1n) is 4.67. The summed E-state index contributed by atoms with van der Waals surface area (Å²) in [5.74, 6) is 0. The first-order valence-corrected chi connectivity index (χ1v) is 5.44. The highest BCUT2D eigenvalue weighted by Gasteiger charge is 2.00. The zero-order valence-electron chi connectivity index (χ0n) is 8.82. The van der Waals surface area contributed by atoms with Crippen LogP contribution in [0.1, 0.15) is 24.4 Å². The van der Waals surface area contributed by atoms with Gasteiger partial charge in [-0.2, -0.15) is 4.37 Å². The minimum atomic E-state index is 1.06. The summed E-state index contributed by atoms with van der Waals surface area (Å²) in [7, 11) is 0. The van der Waals surface area contributed by atoms with Gasteiger partial charge in [-0.1, -0.05) is 30.4 Å². The van der Waals surface area contributed by atoms with Gasteiger partial charge in [-0.25, -0.2) is 0 Å². The quantitative estimate of drug-likeness (QED) is 0.680. The highest BCUT2D eigenvalue weighted by atomic mass is 32.1. The van der Waals surface area contributed by atoms with Crippen LogP contribution in [0.4, 0.5) is 0 Å². The second-order valence-electron chi connectivity index (χ2n) is 2.97. The molecule has 0 unspecified atom stereocenters. The van der Waals surface area contributed by atoms with Crippen molar-refractivity contribution >= 4 is 17.1 Å². The van der Waals surface area contributed by atoms with Crippen molar-refractivity contribution in [1.29, 1.82) is 0 Å². The van der Waals surface area contributed by atoms with Crippen LogP contribution in [0, 0.1) is 6.92 Å². The molecule has 0 saturated carbocycles. The molecule has 0 fully saturated rings. The summed E-state index contributed by atoms with van der Waals surface area (Å²) < 4.78 is 4.38. The molecule has 0 saturated heterocycles. The topological polar surface area (TPSA) is 12.9 Å². The van der Waals surface area contributed by atoms with E-state index < -0.39 is 0 Å². The fourth-order valence-electron chi connectivity index (χ4n) is 1.11. The van der Waals surface area contributed by atoms with Crippen molar-refractivity contribution in [2.45, 2.75) is 20.8 Å². The highest BCUT2D eigenvalue weighted by Crippen LogP contribution is 2.18. The summed E-state index contributed by atoms with van der Waals surface area (Å²) in [6.45, 7) is 6.10. The Morgan fingerprint density at radius 3 is 2.64 bits per heavy atom. The third-order valence-corrected chi connectivity index (χ3v) is 2.43. The molecule has 0 spiro atoms. The first kappa shape index (κ1) is 10.9. The van der Waals surface area contributed by atoms with Crippen LogP contribution in [0.15, 0.2) is 36.4 Å². The van der Waals surface area contributed by atoms with E-state index in [9.17, 15) is 0 Å². The van der Waals surface area contributed by atoms with Crippen LogP contribution in [0.2, 0.25) is 0 Å². The molecular weight excluding hydrogens is 190 g/mol. The molecule has 0 N–H and O–H groups in total. The molecule has 0 atom stereocenters. The van der Waals surface area contributed by atoms with E-state index in [1.807, 2.05) is 32.1 Å². The van der Waals surface area contributed by atoms with Crippen LogP contribution in [0.5, 0.6) is 0 Å². The van der Waals surface area contributed by atoms with Crippen molar-refractivity contribution in [3.63, 3.8) is 0 Å². The van der Waals surface area contributed by atoms with E-state index in [0.29, 0.717) is 0 Å². The Kier molecular flexibility index (Phi) is 4.33. The van der Waals surface area contributed by atoms with E-state index in [1.54, 1.807) is 11.5 Å². The van der Waals surface area contributed by atoms with Gasteiger partial charge in [-0.05, 0) is 38.4 Å². The fourth-order valence-corrected chi connectivity index (χ4v) is 1.67. The number of hydrogen-bond donors (Lipinski definition) is 0. The fraction of sp³-hybridized carbons (Fsp3) is 0.250. The molecular formula is C12H15NS. The Balaban J connectivity index is 2.99. The van der Waals surface area contributed by atoms with Gasteiger partial charge in [-0.15, -0.1) is 0 Å². The third-order valence-electron chi connectivity index (χ3n) is 1.74. The Bertz CT molecular complexity index is 369. The Labute approximate surface area is 89.6 Å². The summed E-state index contributed by atoms with van der Waals surface area (Å²) in [6.07, 6.45) is 10.2. The van der Waals surface area contributed by atoms with Gasteiger partial charge in [0.25, 0.3) is 0 Å². The van der Waals surface area contributed by atoms with E-state index >= 15 is 0 Å². The minimum Gasteiger partial charge on any atom is -0.192 e. The zero-order chi connectivity index (χ0) is 10.4. The van der Waals surface area contributed by atoms with Gasteiger partial charge in [0.15, 0.2) is 0 Å². The average Bonchev–Trinajstić information content (AvgIpc) is 2.59. The maximum absolute atomic E-state index is 4.38. The van der Waals surface area contributed by atoms with Crippen LogP contribution < -0.4 is 0 Å². The van der Waals surface area contributed by atoms with Gasteiger partial charge in [0.1, 0.15) is 0 Å². The molecule has 1 heterocycles. The third kappa shape index (κ3) is 2.96. The van der Waals surface area contributed by atoms with Gasteiger partial charge < -0.3 is 0 Å². The average molecular weight is 205 g/mol. The lowest BCUT2D eigenvalue weighted by molar-refractivity contribution is 1.46. The maximum Gasteiger partial charge on any atom is 0.0843 e. The molecule has 0 bridgehead atoms. The van der Waals surface area contributed by atoms with Crippen molar-refractivity contribution in [3.8, 4) is 0 Å². The van der Waals surface area contributed by atoms with Gasteiger partial charge in [0, 0.05) is 10.5 Å². The van der Waals surface area contributed by atoms with Crippen LogP contribution in [-0.4, -0.2) is 4.37 Å². The molecule has 0 aliphatic rings. The second-order valence-corrected chi connectivity index (χ2v) is 3.98. The van der Waals surface area contributed by atoms with Crippen LogP contribution in [0.3, 0.4) is 0 Å². The lowest BCUT2D eigenvalue weighted by Crippen LogP contribution is -1.78. The van der Waals surface area contributed by atoms with Crippen molar-refractivity contribution in [2.75, 3.05) is 0 Å². The molecule has 74 valence electrons. The maximum atomic E-state index is 4.38. The number of hydrogen-bond acceptors (Lipinski definition) is 2. The number of aromatic nitrogens is 1. The van der Waals surface area contributed by atoms with Crippen LogP contribution >= 0.6 is 11.5 Å². The largest absolute Gasteiger partial charge is 0.192 e. The number of aryl methyl sites for hydroxylation is 1. The van der Waals surface area contributed by atoms with Gasteiger partial charge in [0.2, 0.25) is 0 Å². The summed E-state index contributed by atoms with van der Waals surface area (Å²) >= 11 is 1.54. The number of nitrogens with zero attached hydrogens (tertiary/aromatic N) is 1. The molecule has 1 nitrogen and oxygen atoms in total. The molecule has 2 heteroatoms. The van der Waals surface area contributed by atoms with E-state index in [1.165, 1.54) is 4.88 Å². The lowest BCUT2D eigenvalue weighted by Gasteiger charge is -1.94. The summed E-state index contributed by atoms with van der Waals surface area (Å²) in [5.41, 5.74) is 2.22. The van der Waals surface area contributed by atoms with Crippen molar-refractivity contribution in [3.05, 3.63) is 47.0 Å². The van der Waals surface area contributed by atoms with Crippen LogP contribution in [-0.2, 0) is 0 Å². The predicted molar refractivity (Wildman–Crippen MR) is 64.5 cm³/mol. The number of rotatable bonds is 3. The molecule has 1 rings (SSSR count). The smallest absolute Gasteiger partial charge is 0.0843 e. The van der Waals surface area contributed by atoms with E-state index in [2.05, 4.69) is 29.5 Å². The SMILES string of the molecule is CC=C/C=C(\C=C/C)c1cc(C)sn1. The van der Waals surface area contributed by atoms with Crippen molar-refractivity contribution in [1.82, 2.24) is 4.37 Å². The molecule has 0 amide bonds. The molecule has 0 aliphatic heterocycles. The summed E-state index contributed by atoms with van der Waals surface area (Å²) in [6, 6.07) is 2.11. The Morgan fingerprint density at radius 2 is 2.14 bits per heavy atom. The van der Waals surface area contributed by atoms with Crippen LogP contribution in [0.25, 0.3) is 5.57 Å².